The van der Waals surface area contributed by atoms with Crippen molar-refractivity contribution >= 4 is 33.9 Å². The maximum atomic E-state index is 12.8. The Kier molecular flexibility index (Phi) is 6.27. The third-order valence-corrected chi connectivity index (χ3v) is 6.76. The number of carbonyl (C=O) groups is 1. The summed E-state index contributed by atoms with van der Waals surface area (Å²) in [6.07, 6.45) is 1.99. The molecule has 0 saturated carbocycles. The Morgan fingerprint density at radius 2 is 1.28 bits per heavy atom. The largest absolute Gasteiger partial charge is 0.378 e. The highest BCUT2D eigenvalue weighted by molar-refractivity contribution is 6.05. The number of nitrogens with one attached hydrogen (secondary N) is 1. The van der Waals surface area contributed by atoms with Gasteiger partial charge in [-0.25, -0.2) is 4.68 Å². The van der Waals surface area contributed by atoms with Gasteiger partial charge in [0, 0.05) is 60.4 Å². The highest BCUT2D eigenvalue weighted by Crippen LogP contribution is 2.23. The molecule has 0 bridgehead atoms. The number of benzene rings is 3. The Balaban J connectivity index is 1.14. The molecule has 1 N–H and O–H groups in total. The van der Waals surface area contributed by atoms with Crippen LogP contribution in [0.4, 0.5) is 17.1 Å². The van der Waals surface area contributed by atoms with Crippen molar-refractivity contribution in [2.24, 2.45) is 0 Å². The predicted octanol–water partition coefficient (Wildman–Crippen LogP) is 3.95. The van der Waals surface area contributed by atoms with E-state index in [2.05, 4.69) is 39.4 Å². The van der Waals surface area contributed by atoms with Crippen molar-refractivity contribution in [2.45, 2.75) is 0 Å². The summed E-state index contributed by atoms with van der Waals surface area (Å²) in [6.45, 7) is 6.58. The van der Waals surface area contributed by atoms with Crippen LogP contribution in [0.25, 0.3) is 16.6 Å². The second kappa shape index (κ2) is 10.0. The molecule has 2 aliphatic rings. The summed E-state index contributed by atoms with van der Waals surface area (Å²) in [5.74, 6) is -0.131. The zero-order valence-electron chi connectivity index (χ0n) is 20.1. The molecular weight excluding hydrogens is 454 g/mol. The summed E-state index contributed by atoms with van der Waals surface area (Å²) in [6, 6.07) is 21.9. The van der Waals surface area contributed by atoms with E-state index in [1.165, 1.54) is 5.69 Å². The summed E-state index contributed by atoms with van der Waals surface area (Å²) >= 11 is 0. The number of hydrogen-bond donors (Lipinski definition) is 1. The first-order chi connectivity index (χ1) is 17.7. The summed E-state index contributed by atoms with van der Waals surface area (Å²) in [7, 11) is 0. The number of nitrogens with zero attached hydrogens (tertiary/aromatic N) is 4. The predicted molar refractivity (Wildman–Crippen MR) is 142 cm³/mol. The van der Waals surface area contributed by atoms with Crippen molar-refractivity contribution < 1.29 is 14.3 Å². The van der Waals surface area contributed by atoms with Crippen LogP contribution in [0.1, 0.15) is 10.4 Å². The van der Waals surface area contributed by atoms with E-state index in [9.17, 15) is 4.79 Å². The van der Waals surface area contributed by atoms with Gasteiger partial charge >= 0.3 is 0 Å². The van der Waals surface area contributed by atoms with Gasteiger partial charge in [-0.3, -0.25) is 4.79 Å². The Morgan fingerprint density at radius 3 is 1.89 bits per heavy atom. The number of morpholine rings is 2. The summed E-state index contributed by atoms with van der Waals surface area (Å²) < 4.78 is 12.7. The standard InChI is InChI=1S/C28H29N5O3/c34-28(21-1-4-24(5-2-21)31-11-15-35-16-12-31)29-23-3-10-27-22(19-23)20-33(30-27)26-8-6-25(7-9-26)32-13-17-36-18-14-32/h1-10,19-20H,11-18H2,(H,29,34). The Bertz CT molecular complexity index is 1340. The molecule has 3 aromatic carbocycles. The second-order valence-electron chi connectivity index (χ2n) is 9.06. The molecule has 8 heteroatoms. The minimum atomic E-state index is -0.131. The van der Waals surface area contributed by atoms with Gasteiger partial charge in [-0.2, -0.15) is 5.10 Å². The van der Waals surface area contributed by atoms with Crippen molar-refractivity contribution in [1.82, 2.24) is 9.78 Å². The van der Waals surface area contributed by atoms with E-state index in [1.807, 2.05) is 53.3 Å². The van der Waals surface area contributed by atoms with Crippen molar-refractivity contribution in [3.8, 4) is 5.69 Å². The molecule has 4 aromatic rings. The highest BCUT2D eigenvalue weighted by Gasteiger charge is 2.14. The zero-order chi connectivity index (χ0) is 24.3. The van der Waals surface area contributed by atoms with Gasteiger partial charge in [0.15, 0.2) is 0 Å². The molecule has 184 valence electrons. The number of amides is 1. The Hall–Kier alpha value is -3.88. The lowest BCUT2D eigenvalue weighted by Gasteiger charge is -2.28. The fraction of sp³-hybridized carbons (Fsp3) is 0.286. The molecule has 6 rings (SSSR count). The quantitative estimate of drug-likeness (QED) is 0.464. The van der Waals surface area contributed by atoms with Crippen LogP contribution in [0.2, 0.25) is 0 Å². The smallest absolute Gasteiger partial charge is 0.255 e. The lowest BCUT2D eigenvalue weighted by Crippen LogP contribution is -2.36. The van der Waals surface area contributed by atoms with Crippen LogP contribution in [0.3, 0.4) is 0 Å². The molecule has 36 heavy (non-hydrogen) atoms. The molecule has 0 radical (unpaired) electrons. The number of aromatic nitrogens is 2. The molecule has 3 heterocycles. The fourth-order valence-corrected chi connectivity index (χ4v) is 4.72. The van der Waals surface area contributed by atoms with Gasteiger partial charge in [0.25, 0.3) is 5.91 Å². The molecule has 1 amide bonds. The van der Waals surface area contributed by atoms with Crippen LogP contribution in [-0.2, 0) is 9.47 Å². The molecule has 0 atom stereocenters. The molecule has 0 spiro atoms. The number of ether oxygens (including phenoxy) is 2. The number of hydrogen-bond acceptors (Lipinski definition) is 6. The van der Waals surface area contributed by atoms with Gasteiger partial charge in [0.1, 0.15) is 0 Å². The van der Waals surface area contributed by atoms with E-state index in [4.69, 9.17) is 14.6 Å². The van der Waals surface area contributed by atoms with E-state index < -0.39 is 0 Å². The molecule has 2 fully saturated rings. The first-order valence-corrected chi connectivity index (χ1v) is 12.4. The summed E-state index contributed by atoms with van der Waals surface area (Å²) in [4.78, 5) is 17.5. The molecule has 2 aliphatic heterocycles. The van der Waals surface area contributed by atoms with Crippen molar-refractivity contribution in [3.05, 3.63) is 78.5 Å². The zero-order valence-corrected chi connectivity index (χ0v) is 20.1. The maximum absolute atomic E-state index is 12.8. The fourth-order valence-electron chi connectivity index (χ4n) is 4.72. The maximum Gasteiger partial charge on any atom is 0.255 e. The number of carbonyl (C=O) groups excluding carboxylic acids is 1. The van der Waals surface area contributed by atoms with E-state index >= 15 is 0 Å². The van der Waals surface area contributed by atoms with E-state index in [-0.39, 0.29) is 5.91 Å². The van der Waals surface area contributed by atoms with Crippen LogP contribution >= 0.6 is 0 Å². The molecule has 8 nitrogen and oxygen atoms in total. The average molecular weight is 484 g/mol. The second-order valence-corrected chi connectivity index (χ2v) is 9.06. The lowest BCUT2D eigenvalue weighted by molar-refractivity contribution is 0.102. The van der Waals surface area contributed by atoms with Crippen molar-refractivity contribution in [3.63, 3.8) is 0 Å². The van der Waals surface area contributed by atoms with Gasteiger partial charge in [-0.05, 0) is 66.7 Å². The van der Waals surface area contributed by atoms with E-state index in [1.54, 1.807) is 0 Å². The average Bonchev–Trinajstić information content (AvgIpc) is 3.38. The molecular formula is C28H29N5O3. The van der Waals surface area contributed by atoms with Crippen LogP contribution in [0.5, 0.6) is 0 Å². The third-order valence-electron chi connectivity index (χ3n) is 6.76. The highest BCUT2D eigenvalue weighted by atomic mass is 16.5. The monoisotopic (exact) mass is 483 g/mol. The third kappa shape index (κ3) is 4.78. The van der Waals surface area contributed by atoms with E-state index in [0.717, 1.165) is 80.6 Å². The van der Waals surface area contributed by atoms with Gasteiger partial charge < -0.3 is 24.6 Å². The van der Waals surface area contributed by atoms with Crippen LogP contribution in [-0.4, -0.2) is 68.3 Å². The summed E-state index contributed by atoms with van der Waals surface area (Å²) in [5.41, 5.74) is 5.55. The van der Waals surface area contributed by atoms with Gasteiger partial charge in [0.2, 0.25) is 0 Å². The van der Waals surface area contributed by atoms with Crippen molar-refractivity contribution in [1.29, 1.82) is 0 Å². The van der Waals surface area contributed by atoms with Gasteiger partial charge in [0.05, 0.1) is 37.6 Å². The minimum Gasteiger partial charge on any atom is -0.378 e. The number of rotatable bonds is 5. The molecule has 2 saturated heterocycles. The van der Waals surface area contributed by atoms with E-state index in [0.29, 0.717) is 5.56 Å². The SMILES string of the molecule is O=C(Nc1ccc2nn(-c3ccc(N4CCOCC4)cc3)cc2c1)c1ccc(N2CCOCC2)cc1. The van der Waals surface area contributed by atoms with Crippen LogP contribution in [0, 0.1) is 0 Å². The normalized spacial score (nSPS) is 16.3. The lowest BCUT2D eigenvalue weighted by atomic mass is 10.1. The minimum absolute atomic E-state index is 0.131. The van der Waals surface area contributed by atoms with Gasteiger partial charge in [-0.1, -0.05) is 0 Å². The first kappa shape index (κ1) is 22.6. The molecule has 1 aromatic heterocycles. The summed E-state index contributed by atoms with van der Waals surface area (Å²) in [5, 5.41) is 8.70. The molecule has 0 unspecified atom stereocenters. The first-order valence-electron chi connectivity index (χ1n) is 12.4. The van der Waals surface area contributed by atoms with Crippen molar-refractivity contribution in [2.75, 3.05) is 67.7 Å². The Labute approximate surface area is 210 Å². The number of anilines is 3. The van der Waals surface area contributed by atoms with Gasteiger partial charge in [-0.15, -0.1) is 0 Å². The topological polar surface area (TPSA) is 71.9 Å². The number of fused-ring (bicyclic) bond motifs is 1. The van der Waals surface area contributed by atoms with Crippen LogP contribution in [0.15, 0.2) is 72.9 Å². The Morgan fingerprint density at radius 1 is 0.722 bits per heavy atom. The van der Waals surface area contributed by atoms with Crippen LogP contribution < -0.4 is 15.1 Å². The molecule has 0 aliphatic carbocycles.